The molecule has 1 amide bonds. The molecule has 0 aliphatic heterocycles. The van der Waals surface area contributed by atoms with Crippen molar-refractivity contribution in [2.75, 3.05) is 10.6 Å². The van der Waals surface area contributed by atoms with Crippen LogP contribution in [0.25, 0.3) is 5.65 Å². The second-order valence-corrected chi connectivity index (χ2v) is 11.6. The lowest BCUT2D eigenvalue weighted by molar-refractivity contribution is -0.385. The number of aromatic amines is 1. The highest BCUT2D eigenvalue weighted by atomic mass is 16.6. The minimum Gasteiger partial charge on any atom is -0.502 e. The third kappa shape index (κ3) is 5.32. The number of benzene rings is 1. The minimum atomic E-state index is -0.690. The van der Waals surface area contributed by atoms with Crippen molar-refractivity contribution in [3.63, 3.8) is 0 Å². The molecule has 10 nitrogen and oxygen atoms in total. The van der Waals surface area contributed by atoms with Gasteiger partial charge in [-0.2, -0.15) is 9.61 Å². The van der Waals surface area contributed by atoms with Crippen LogP contribution in [-0.2, 0) is 5.41 Å². The van der Waals surface area contributed by atoms with E-state index < -0.39 is 22.3 Å². The Labute approximate surface area is 198 Å². The van der Waals surface area contributed by atoms with Crippen LogP contribution < -0.4 is 10.6 Å². The summed E-state index contributed by atoms with van der Waals surface area (Å²) in [6.07, 6.45) is 2.38. The van der Waals surface area contributed by atoms with Gasteiger partial charge in [0, 0.05) is 28.8 Å². The average molecular weight is 471 g/mol. The van der Waals surface area contributed by atoms with Crippen molar-refractivity contribution in [1.29, 1.82) is 0 Å². The average Bonchev–Trinajstić information content (AvgIpc) is 3.19. The van der Waals surface area contributed by atoms with E-state index in [1.54, 1.807) is 4.52 Å². The highest BCUT2D eigenvalue weighted by molar-refractivity contribution is 6.08. The highest BCUT2D eigenvalue weighted by Gasteiger charge is 2.32. The molecule has 0 aliphatic rings. The molecule has 2 heterocycles. The van der Waals surface area contributed by atoms with Crippen molar-refractivity contribution in [2.24, 2.45) is 5.41 Å². The van der Waals surface area contributed by atoms with Gasteiger partial charge < -0.3 is 20.7 Å². The van der Waals surface area contributed by atoms with E-state index in [1.165, 1.54) is 12.3 Å². The summed E-state index contributed by atoms with van der Waals surface area (Å²) >= 11 is 0. The standard InChI is InChI=1S/C24H34N6O4/c1-22(2,3)13-24(7,8)28-20-18(23(4,5)6)27-19-15(12-25-29(19)20)21(32)26-14-9-10-16(30(33)34)17(31)11-14/h9-12,27-28,31H,13H2,1-8H3,(H,26,32). The van der Waals surface area contributed by atoms with Gasteiger partial charge in [-0.05, 0) is 31.7 Å². The molecule has 1 aromatic carbocycles. The maximum Gasteiger partial charge on any atom is 0.310 e. The van der Waals surface area contributed by atoms with E-state index in [0.29, 0.717) is 11.2 Å². The molecule has 3 aromatic rings. The van der Waals surface area contributed by atoms with Gasteiger partial charge in [0.2, 0.25) is 0 Å². The number of carbonyl (C=O) groups excluding carboxylic acids is 1. The molecule has 0 saturated carbocycles. The van der Waals surface area contributed by atoms with E-state index in [9.17, 15) is 20.0 Å². The van der Waals surface area contributed by atoms with Crippen LogP contribution in [0.1, 0.15) is 77.9 Å². The van der Waals surface area contributed by atoms with Crippen LogP contribution in [-0.4, -0.2) is 36.1 Å². The van der Waals surface area contributed by atoms with Crippen LogP contribution in [0.5, 0.6) is 5.75 Å². The largest absolute Gasteiger partial charge is 0.502 e. The van der Waals surface area contributed by atoms with Gasteiger partial charge in [0.1, 0.15) is 17.0 Å². The number of nitro benzene ring substituents is 1. The summed E-state index contributed by atoms with van der Waals surface area (Å²) in [4.78, 5) is 26.6. The predicted octanol–water partition coefficient (Wildman–Crippen LogP) is 5.45. The first-order valence-corrected chi connectivity index (χ1v) is 11.2. The number of hydrogen-bond donors (Lipinski definition) is 4. The maximum absolute atomic E-state index is 13.0. The van der Waals surface area contributed by atoms with Crippen LogP contribution in [0.4, 0.5) is 17.2 Å². The summed E-state index contributed by atoms with van der Waals surface area (Å²) in [5.41, 5.74) is 1.18. The number of phenolic OH excluding ortho intramolecular Hbond substituents is 1. The highest BCUT2D eigenvalue weighted by Crippen LogP contribution is 2.36. The topological polar surface area (TPSA) is 138 Å². The monoisotopic (exact) mass is 470 g/mol. The molecule has 0 radical (unpaired) electrons. The first-order valence-electron chi connectivity index (χ1n) is 11.2. The molecule has 0 fully saturated rings. The van der Waals surface area contributed by atoms with Gasteiger partial charge in [-0.1, -0.05) is 41.5 Å². The molecule has 0 saturated heterocycles. The molecule has 10 heteroatoms. The molecule has 4 N–H and O–H groups in total. The van der Waals surface area contributed by atoms with Gasteiger partial charge >= 0.3 is 5.69 Å². The Kier molecular flexibility index (Phi) is 6.15. The van der Waals surface area contributed by atoms with Gasteiger partial charge in [0.05, 0.1) is 16.8 Å². The summed E-state index contributed by atoms with van der Waals surface area (Å²) in [6.45, 7) is 17.1. The first-order chi connectivity index (χ1) is 15.5. The third-order valence-corrected chi connectivity index (χ3v) is 5.31. The third-order valence-electron chi connectivity index (χ3n) is 5.31. The first kappa shape index (κ1) is 25.1. The fourth-order valence-electron chi connectivity index (χ4n) is 4.39. The normalized spacial score (nSPS) is 12.7. The van der Waals surface area contributed by atoms with Crippen LogP contribution in [0.3, 0.4) is 0 Å². The van der Waals surface area contributed by atoms with Crippen molar-refractivity contribution in [3.05, 3.63) is 45.8 Å². The summed E-state index contributed by atoms with van der Waals surface area (Å²) in [7, 11) is 0. The quantitative estimate of drug-likeness (QED) is 0.279. The Morgan fingerprint density at radius 3 is 2.35 bits per heavy atom. The number of aromatic hydroxyl groups is 1. The second-order valence-electron chi connectivity index (χ2n) is 11.6. The number of nitrogens with zero attached hydrogens (tertiary/aromatic N) is 3. The number of fused-ring (bicyclic) bond motifs is 1. The van der Waals surface area contributed by atoms with Crippen molar-refractivity contribution >= 4 is 28.7 Å². The van der Waals surface area contributed by atoms with Crippen LogP contribution >= 0.6 is 0 Å². The molecule has 2 aromatic heterocycles. The Bertz CT molecular complexity index is 1240. The number of nitro groups is 1. The van der Waals surface area contributed by atoms with Gasteiger partial charge in [0.15, 0.2) is 5.75 Å². The van der Waals surface area contributed by atoms with Crippen LogP contribution in [0.15, 0.2) is 24.4 Å². The van der Waals surface area contributed by atoms with Crippen molar-refractivity contribution in [2.45, 2.75) is 72.8 Å². The number of amides is 1. The van der Waals surface area contributed by atoms with Gasteiger partial charge in [-0.15, -0.1) is 0 Å². The number of hydrogen-bond acceptors (Lipinski definition) is 6. The molecule has 3 rings (SSSR count). The lowest BCUT2D eigenvalue weighted by Gasteiger charge is -2.34. The Morgan fingerprint density at radius 1 is 1.18 bits per heavy atom. The lowest BCUT2D eigenvalue weighted by atomic mass is 9.81. The molecule has 0 atom stereocenters. The van der Waals surface area contributed by atoms with E-state index in [0.717, 1.165) is 30.1 Å². The number of carbonyl (C=O) groups is 1. The number of phenols is 1. The summed E-state index contributed by atoms with van der Waals surface area (Å²) in [5, 5.41) is 31.6. The number of nitrogens with one attached hydrogen (secondary N) is 3. The molecular formula is C24H34N6O4. The molecule has 0 unspecified atom stereocenters. The fourth-order valence-corrected chi connectivity index (χ4v) is 4.39. The smallest absolute Gasteiger partial charge is 0.310 e. The van der Waals surface area contributed by atoms with Crippen LogP contribution in [0, 0.1) is 15.5 Å². The van der Waals surface area contributed by atoms with E-state index in [1.807, 2.05) is 0 Å². The van der Waals surface area contributed by atoms with Crippen molar-refractivity contribution in [1.82, 2.24) is 14.6 Å². The molecular weight excluding hydrogens is 436 g/mol. The summed E-state index contributed by atoms with van der Waals surface area (Å²) in [6, 6.07) is 3.66. The van der Waals surface area contributed by atoms with Crippen molar-refractivity contribution < 1.29 is 14.8 Å². The maximum atomic E-state index is 13.0. The Morgan fingerprint density at radius 2 is 1.82 bits per heavy atom. The fraction of sp³-hybridized carbons (Fsp3) is 0.500. The van der Waals surface area contributed by atoms with E-state index >= 15 is 0 Å². The Hall–Kier alpha value is -3.56. The predicted molar refractivity (Wildman–Crippen MR) is 133 cm³/mol. The molecule has 0 bridgehead atoms. The number of aromatic nitrogens is 3. The molecule has 34 heavy (non-hydrogen) atoms. The van der Waals surface area contributed by atoms with E-state index in [4.69, 9.17) is 0 Å². The zero-order valence-electron chi connectivity index (χ0n) is 21.0. The SMILES string of the molecule is CC(C)(C)CC(C)(C)Nc1c(C(C)(C)C)[nH]c2c(C(=O)Nc3ccc([N+](=O)[O-])c(O)c3)cnn12. The number of rotatable bonds is 6. The molecule has 184 valence electrons. The zero-order chi connectivity index (χ0) is 25.6. The lowest BCUT2D eigenvalue weighted by Crippen LogP contribution is -2.36. The minimum absolute atomic E-state index is 0.110. The Balaban J connectivity index is 1.99. The molecule has 0 spiro atoms. The van der Waals surface area contributed by atoms with Gasteiger partial charge in [-0.25, -0.2) is 0 Å². The van der Waals surface area contributed by atoms with Gasteiger partial charge in [0.25, 0.3) is 5.91 Å². The van der Waals surface area contributed by atoms with E-state index in [-0.39, 0.29) is 22.1 Å². The number of H-pyrrole nitrogens is 1. The summed E-state index contributed by atoms with van der Waals surface area (Å²) in [5.74, 6) is -0.181. The van der Waals surface area contributed by atoms with Crippen molar-refractivity contribution in [3.8, 4) is 5.75 Å². The number of anilines is 2. The zero-order valence-corrected chi connectivity index (χ0v) is 21.0. The molecule has 0 aliphatic carbocycles. The van der Waals surface area contributed by atoms with Gasteiger partial charge in [-0.3, -0.25) is 14.9 Å². The summed E-state index contributed by atoms with van der Waals surface area (Å²) < 4.78 is 1.70. The second kappa shape index (κ2) is 8.34. The van der Waals surface area contributed by atoms with Crippen LogP contribution in [0.2, 0.25) is 0 Å². The number of imidazole rings is 1. The van der Waals surface area contributed by atoms with E-state index in [2.05, 4.69) is 76.1 Å².